The Morgan fingerprint density at radius 2 is 0.776 bits per heavy atom. The average molecular weight is 2030 g/mol. The number of nitrogens with two attached hydrogens (primary N) is 2. The Hall–Kier alpha value is -16.3. The van der Waals surface area contributed by atoms with Crippen LogP contribution in [0.2, 0.25) is 25.1 Å². The molecule has 730 valence electrons. The summed E-state index contributed by atoms with van der Waals surface area (Å²) in [7, 11) is 0. The third kappa shape index (κ3) is 27.1. The number of nitrogen functional groups attached to an aromatic ring is 2. The topological polar surface area (TPSA) is 372 Å². The predicted octanol–water partition coefficient (Wildman–Crippen LogP) is 23.7. The highest BCUT2D eigenvalue weighted by Crippen LogP contribution is 2.37. The lowest BCUT2D eigenvalue weighted by atomic mass is 10.1. The standard InChI is InChI=1S/C22H18ClFN4O2.C22H14ClFN4O.C20H16ClFN4O.C16H14ClN3O2.C10H11N3.C8H14O2.C6H5ClFN.CO2/c1-3-30-22(29)17-10-25-20-7-5-15(28-11-13(2)26-12-28)9-16(20)21(17)27-14-4-6-19(24)18(23)8-14;1-13-11-27(12-26-13)15-4-6-20-17(8-15)22-14(10-25-20)2-7-21(29)28(22)16-3-5-19(24)18(23)9-16;1-12-9-26(11-24-12)15-3-5-19-16(7-15)20(13(10-27)8-23-19)25-14-2-4-18(22)17(21)6-14;1-3-22-16(21)13-7-18-14-5-4-11(6-12(14)15(13)17)20-8-10(2)19-9-20;1-8-6-13(7-12-8)10-4-2-9(11)3-5-10;1-4-7(5-2)8(9)10-6-3;7-5-3-4(9)1-2-6(5)8;2-1-3/h4-12H,3H2,1-2H3,(H,25,27);2-12H,1H3;2-9,11,27H,10H2,1H3,(H,23,25);4-9H,3H2,1-2H3;2-7H,11H2,1H3;4H,5-6H2,1-3H3;1-3H,9H2;/b;;;;;7-4+;;. The number of aryl methyl sites for hydroxylation is 5. The molecule has 10 aromatic heterocycles. The molecule has 0 atom stereocenters. The number of nitrogens with one attached hydrogen (secondary N) is 2. The van der Waals surface area contributed by atoms with Crippen molar-refractivity contribution in [3.05, 3.63) is 385 Å². The number of aliphatic hydroxyl groups is 1. The molecule has 143 heavy (non-hydrogen) atoms. The van der Waals surface area contributed by atoms with Crippen LogP contribution in [0.25, 0.3) is 88.6 Å². The molecule has 9 aromatic carbocycles. The fourth-order valence-electron chi connectivity index (χ4n) is 14.2. The highest BCUT2D eigenvalue weighted by Gasteiger charge is 2.22. The van der Waals surface area contributed by atoms with E-state index in [1.54, 1.807) is 89.1 Å². The van der Waals surface area contributed by atoms with E-state index in [0.717, 1.165) is 107 Å². The van der Waals surface area contributed by atoms with Crippen LogP contribution >= 0.6 is 58.0 Å². The van der Waals surface area contributed by atoms with Crippen molar-refractivity contribution in [2.45, 2.75) is 82.3 Å². The van der Waals surface area contributed by atoms with Gasteiger partial charge in [-0.25, -0.2) is 56.9 Å². The molecule has 0 unspecified atom stereocenters. The van der Waals surface area contributed by atoms with Crippen LogP contribution in [0.1, 0.15) is 95.8 Å². The summed E-state index contributed by atoms with van der Waals surface area (Å²) in [6.45, 7) is 19.5. The largest absolute Gasteiger partial charge is 0.463 e. The molecule has 0 aliphatic heterocycles. The van der Waals surface area contributed by atoms with Gasteiger partial charge in [-0.15, -0.1) is 0 Å². The number of benzene rings is 9. The maximum atomic E-state index is 13.7. The first-order valence-corrected chi connectivity index (χ1v) is 45.8. The van der Waals surface area contributed by atoms with Crippen LogP contribution < -0.4 is 27.7 Å². The number of nitrogens with zero attached hydrogens (tertiary/aromatic N) is 15. The van der Waals surface area contributed by atoms with Gasteiger partial charge in [0.05, 0.1) is 162 Å². The second-order valence-corrected chi connectivity index (χ2v) is 33.1. The lowest BCUT2D eigenvalue weighted by Gasteiger charge is -2.15. The number of anilines is 6. The first-order chi connectivity index (χ1) is 68.7. The lowest BCUT2D eigenvalue weighted by Crippen LogP contribution is -2.17. The summed E-state index contributed by atoms with van der Waals surface area (Å²) in [6.07, 6.45) is 27.4. The van der Waals surface area contributed by atoms with Gasteiger partial charge in [0.25, 0.3) is 5.56 Å². The van der Waals surface area contributed by atoms with Crippen molar-refractivity contribution in [3.8, 4) is 34.1 Å². The minimum absolute atomic E-state index is 0.0226. The molecule has 0 saturated carbocycles. The molecular formula is C105H92Cl5F4N19O10. The van der Waals surface area contributed by atoms with Gasteiger partial charge in [-0.2, -0.15) is 9.59 Å². The fraction of sp³-hybridized carbons (Fsp3) is 0.143. The van der Waals surface area contributed by atoms with Crippen LogP contribution in [-0.2, 0) is 35.2 Å². The van der Waals surface area contributed by atoms with Crippen LogP contribution in [0.4, 0.5) is 51.7 Å². The number of imidazole rings is 5. The van der Waals surface area contributed by atoms with Crippen LogP contribution in [0, 0.1) is 57.9 Å². The number of carbonyl (C=O) groups is 3. The van der Waals surface area contributed by atoms with Gasteiger partial charge >= 0.3 is 24.1 Å². The van der Waals surface area contributed by atoms with Crippen molar-refractivity contribution in [1.82, 2.24) is 72.3 Å². The molecule has 19 rings (SSSR count). The third-order valence-electron chi connectivity index (χ3n) is 21.1. The molecule has 38 heteroatoms. The van der Waals surface area contributed by atoms with Gasteiger partial charge in [0.1, 0.15) is 28.8 Å². The summed E-state index contributed by atoms with van der Waals surface area (Å²) in [5.74, 6) is -3.14. The Morgan fingerprint density at radius 1 is 0.413 bits per heavy atom. The summed E-state index contributed by atoms with van der Waals surface area (Å²) in [5.41, 5.74) is 29.5. The molecule has 0 fully saturated rings. The first-order valence-electron chi connectivity index (χ1n) is 43.9. The molecular weight excluding hydrogens is 1940 g/mol. The molecule has 7 N–H and O–H groups in total. The number of rotatable bonds is 18. The normalized spacial score (nSPS) is 10.8. The molecule has 19 aromatic rings. The van der Waals surface area contributed by atoms with Gasteiger partial charge in [-0.3, -0.25) is 29.3 Å². The monoisotopic (exact) mass is 2030 g/mol. The minimum Gasteiger partial charge on any atom is -0.463 e. The number of aromatic nitrogens is 15. The molecule has 0 bridgehead atoms. The van der Waals surface area contributed by atoms with Gasteiger partial charge in [0, 0.05) is 151 Å². The summed E-state index contributed by atoms with van der Waals surface area (Å²) >= 11 is 29.5. The van der Waals surface area contributed by atoms with E-state index in [1.807, 2.05) is 199 Å². The number of hydrogen-bond acceptors (Lipinski definition) is 23. The highest BCUT2D eigenvalue weighted by atomic mass is 35.5. The second-order valence-electron chi connectivity index (χ2n) is 31.1. The van der Waals surface area contributed by atoms with Crippen molar-refractivity contribution in [3.63, 3.8) is 0 Å². The van der Waals surface area contributed by atoms with Crippen LogP contribution in [0.3, 0.4) is 0 Å². The van der Waals surface area contributed by atoms with Gasteiger partial charge in [0.2, 0.25) is 0 Å². The van der Waals surface area contributed by atoms with E-state index in [0.29, 0.717) is 79.7 Å². The summed E-state index contributed by atoms with van der Waals surface area (Å²) in [4.78, 5) is 103. The minimum atomic E-state index is -0.534. The number of halogens is 9. The maximum absolute atomic E-state index is 13.7. The molecule has 0 spiro atoms. The highest BCUT2D eigenvalue weighted by molar-refractivity contribution is 6.38. The summed E-state index contributed by atoms with van der Waals surface area (Å²) in [5, 5.41) is 20.4. The van der Waals surface area contributed by atoms with Crippen LogP contribution in [0.5, 0.6) is 0 Å². The molecule has 0 saturated heterocycles. The molecule has 29 nitrogen and oxygen atoms in total. The summed E-state index contributed by atoms with van der Waals surface area (Å²) < 4.78 is 79.1. The van der Waals surface area contributed by atoms with Crippen molar-refractivity contribution in [2.75, 3.05) is 41.9 Å². The van der Waals surface area contributed by atoms with E-state index in [-0.39, 0.29) is 62.1 Å². The van der Waals surface area contributed by atoms with Gasteiger partial charge in [0.15, 0.2) is 0 Å². The van der Waals surface area contributed by atoms with E-state index >= 15 is 0 Å². The number of ether oxygens (including phenoxy) is 3. The van der Waals surface area contributed by atoms with Crippen LogP contribution in [-0.4, -0.2) is 121 Å². The van der Waals surface area contributed by atoms with Gasteiger partial charge < -0.3 is 64.3 Å². The number of hydrogen-bond donors (Lipinski definition) is 5. The number of pyridine rings is 5. The fourth-order valence-corrected chi connectivity index (χ4v) is 15.2. The van der Waals surface area contributed by atoms with E-state index in [2.05, 4.69) is 55.5 Å². The van der Waals surface area contributed by atoms with Crippen molar-refractivity contribution in [2.24, 2.45) is 0 Å². The Bertz CT molecular complexity index is 7960. The van der Waals surface area contributed by atoms with Gasteiger partial charge in [-0.1, -0.05) is 71.0 Å². The Balaban J connectivity index is 0.000000153. The second kappa shape index (κ2) is 49.5. The molecule has 0 radical (unpaired) electrons. The molecule has 0 aliphatic carbocycles. The molecule has 0 aliphatic rings. The molecule has 10 heterocycles. The lowest BCUT2D eigenvalue weighted by molar-refractivity contribution is -0.191. The van der Waals surface area contributed by atoms with Crippen molar-refractivity contribution in [1.29, 1.82) is 0 Å². The quantitative estimate of drug-likeness (QED) is 0.0133. The zero-order chi connectivity index (χ0) is 103. The smallest absolute Gasteiger partial charge is 0.373 e. The number of carbonyl (C=O) groups excluding carboxylic acids is 5. The van der Waals surface area contributed by atoms with E-state index in [1.165, 1.54) is 83.7 Å². The van der Waals surface area contributed by atoms with E-state index < -0.39 is 35.2 Å². The Kier molecular flexibility index (Phi) is 36.6. The maximum Gasteiger partial charge on any atom is 0.373 e. The van der Waals surface area contributed by atoms with E-state index in [4.69, 9.17) is 93.3 Å². The zero-order valence-corrected chi connectivity index (χ0v) is 82.2. The number of allylic oxidation sites excluding steroid dienone is 1. The summed E-state index contributed by atoms with van der Waals surface area (Å²) in [6, 6.07) is 50.9. The number of aliphatic hydroxyl groups excluding tert-OH is 1. The number of fused-ring (bicyclic) bond motifs is 6. The third-order valence-corrected chi connectivity index (χ3v) is 22.7. The Morgan fingerprint density at radius 3 is 1.20 bits per heavy atom. The van der Waals surface area contributed by atoms with E-state index in [9.17, 15) is 41.8 Å². The molecule has 0 amide bonds. The van der Waals surface area contributed by atoms with Crippen molar-refractivity contribution >= 4 is 171 Å². The van der Waals surface area contributed by atoms with Gasteiger partial charge in [-0.05, 0) is 245 Å². The Labute approximate surface area is 841 Å². The van der Waals surface area contributed by atoms with Crippen LogP contribution in [0.15, 0.2) is 286 Å². The zero-order valence-electron chi connectivity index (χ0n) is 78.4. The first kappa shape index (κ1) is 106. The average Bonchev–Trinajstić information content (AvgIpc) is 1.54. The predicted molar refractivity (Wildman–Crippen MR) is 549 cm³/mol. The van der Waals surface area contributed by atoms with Crippen molar-refractivity contribution < 1.29 is 60.9 Å². The number of esters is 3. The SMILES string of the molecule is C/C=C(\CC)C(=O)OCC.CCOC(=O)c1cnc2ccc(-n3cnc(C)c3)cc2c1Cl.CCOC(=O)c1cnc2ccc(-n3cnc(C)c3)cc2c1Nc1ccc(F)c(Cl)c1.Cc1cn(-c2ccc(N)cc2)cn1.Cc1cn(-c2ccc3ncc(CO)c(Nc4ccc(F)c(Cl)c4)c3c2)cn1.Cc1cn(-c2ccc3ncc4ccc(=O)n(-c5ccc(F)c(Cl)c5)c4c3c2)cn1.Nc1ccc(F)c(Cl)c1.O=C=O.